The van der Waals surface area contributed by atoms with Gasteiger partial charge in [0.1, 0.15) is 5.82 Å². The Hall–Kier alpha value is 0.250. The van der Waals surface area contributed by atoms with E-state index in [0.29, 0.717) is 4.47 Å². The Morgan fingerprint density at radius 1 is 1.25 bits per heavy atom. The quantitative estimate of drug-likeness (QED) is 0.526. The minimum absolute atomic E-state index is 0.0445. The first kappa shape index (κ1) is 16.6. The highest BCUT2D eigenvalue weighted by Gasteiger charge is 2.21. The smallest absolute Gasteiger partial charge is 0.137 e. The lowest BCUT2D eigenvalue weighted by Crippen LogP contribution is -2.23. The van der Waals surface area contributed by atoms with E-state index in [1.807, 2.05) is 6.07 Å². The molecular weight excluding hydrogens is 473 g/mol. The second-order valence-corrected chi connectivity index (χ2v) is 8.85. The summed E-state index contributed by atoms with van der Waals surface area (Å²) < 4.78 is 16.4. The SMILES string of the molecule is CCCNC(c1cc(Br)sc1Br)c1cccc(F)c1Br. The van der Waals surface area contributed by atoms with Crippen LogP contribution in [0.25, 0.3) is 0 Å². The van der Waals surface area contributed by atoms with E-state index >= 15 is 0 Å². The van der Waals surface area contributed by atoms with Crippen molar-refractivity contribution in [3.8, 4) is 0 Å². The Kier molecular flexibility index (Phi) is 6.23. The van der Waals surface area contributed by atoms with Gasteiger partial charge >= 0.3 is 0 Å². The van der Waals surface area contributed by atoms with Crippen molar-refractivity contribution in [2.24, 2.45) is 0 Å². The molecule has 2 aromatic rings. The lowest BCUT2D eigenvalue weighted by molar-refractivity contribution is 0.580. The van der Waals surface area contributed by atoms with E-state index in [2.05, 4.69) is 66.1 Å². The first-order valence-electron chi connectivity index (χ1n) is 6.16. The maximum absolute atomic E-state index is 13.8. The Morgan fingerprint density at radius 3 is 2.60 bits per heavy atom. The molecule has 2 rings (SSSR count). The van der Waals surface area contributed by atoms with Crippen molar-refractivity contribution in [3.63, 3.8) is 0 Å². The van der Waals surface area contributed by atoms with Crippen molar-refractivity contribution in [3.05, 3.63) is 53.3 Å². The van der Waals surface area contributed by atoms with Gasteiger partial charge in [-0.1, -0.05) is 19.1 Å². The number of thiophene rings is 1. The molecule has 1 nitrogen and oxygen atoms in total. The molecule has 0 spiro atoms. The second kappa shape index (κ2) is 7.49. The molecule has 0 saturated carbocycles. The highest BCUT2D eigenvalue weighted by Crippen LogP contribution is 2.40. The van der Waals surface area contributed by atoms with Gasteiger partial charge in [0, 0.05) is 0 Å². The molecular formula is C14H13Br3FNS. The molecule has 20 heavy (non-hydrogen) atoms. The molecule has 1 heterocycles. The molecule has 0 bridgehead atoms. The van der Waals surface area contributed by atoms with Crippen LogP contribution >= 0.6 is 59.1 Å². The van der Waals surface area contributed by atoms with Gasteiger partial charge in [0.05, 0.1) is 18.1 Å². The fraction of sp³-hybridized carbons (Fsp3) is 0.286. The van der Waals surface area contributed by atoms with Crippen LogP contribution in [0.3, 0.4) is 0 Å². The van der Waals surface area contributed by atoms with Crippen molar-refractivity contribution < 1.29 is 4.39 Å². The Bertz CT molecular complexity index is 600. The van der Waals surface area contributed by atoms with Crippen molar-refractivity contribution >= 4 is 59.1 Å². The molecule has 1 unspecified atom stereocenters. The molecule has 1 atom stereocenters. The number of hydrogen-bond donors (Lipinski definition) is 1. The van der Waals surface area contributed by atoms with Gasteiger partial charge in [0.15, 0.2) is 0 Å². The fourth-order valence-corrected chi connectivity index (χ4v) is 5.36. The predicted molar refractivity (Wildman–Crippen MR) is 94.0 cm³/mol. The van der Waals surface area contributed by atoms with E-state index in [-0.39, 0.29) is 11.9 Å². The summed E-state index contributed by atoms with van der Waals surface area (Å²) >= 11 is 12.1. The van der Waals surface area contributed by atoms with Gasteiger partial charge in [-0.05, 0) is 84.0 Å². The van der Waals surface area contributed by atoms with Gasteiger partial charge in [-0.25, -0.2) is 4.39 Å². The van der Waals surface area contributed by atoms with Gasteiger partial charge in [-0.3, -0.25) is 0 Å². The van der Waals surface area contributed by atoms with Gasteiger partial charge in [0.25, 0.3) is 0 Å². The number of nitrogens with one attached hydrogen (secondary N) is 1. The van der Waals surface area contributed by atoms with E-state index in [1.54, 1.807) is 17.4 Å². The van der Waals surface area contributed by atoms with Crippen LogP contribution < -0.4 is 5.32 Å². The molecule has 0 aliphatic carbocycles. The summed E-state index contributed by atoms with van der Waals surface area (Å²) in [6.07, 6.45) is 1.02. The number of halogens is 4. The van der Waals surface area contributed by atoms with Gasteiger partial charge in [0.2, 0.25) is 0 Å². The Labute approximate surface area is 147 Å². The zero-order valence-corrected chi connectivity index (χ0v) is 16.3. The summed E-state index contributed by atoms with van der Waals surface area (Å²) in [6.45, 7) is 2.98. The van der Waals surface area contributed by atoms with E-state index in [4.69, 9.17) is 0 Å². The summed E-state index contributed by atoms with van der Waals surface area (Å²) in [4.78, 5) is 0. The van der Waals surface area contributed by atoms with Crippen molar-refractivity contribution in [1.82, 2.24) is 5.32 Å². The number of benzene rings is 1. The molecule has 0 aliphatic rings. The van der Waals surface area contributed by atoms with E-state index in [0.717, 1.165) is 31.7 Å². The molecule has 1 N–H and O–H groups in total. The van der Waals surface area contributed by atoms with Gasteiger partial charge < -0.3 is 5.32 Å². The maximum atomic E-state index is 13.8. The second-order valence-electron chi connectivity index (χ2n) is 4.31. The van der Waals surface area contributed by atoms with Crippen molar-refractivity contribution in [2.45, 2.75) is 19.4 Å². The molecule has 0 radical (unpaired) electrons. The van der Waals surface area contributed by atoms with Crippen LogP contribution in [0.15, 0.2) is 36.3 Å². The zero-order chi connectivity index (χ0) is 14.7. The molecule has 1 aromatic carbocycles. The molecule has 0 aliphatic heterocycles. The molecule has 0 amide bonds. The Morgan fingerprint density at radius 2 is 2.00 bits per heavy atom. The van der Waals surface area contributed by atoms with E-state index < -0.39 is 0 Å². The summed E-state index contributed by atoms with van der Waals surface area (Å²) in [5.41, 5.74) is 2.02. The topological polar surface area (TPSA) is 12.0 Å². The largest absolute Gasteiger partial charge is 0.306 e. The normalized spacial score (nSPS) is 12.7. The first-order valence-corrected chi connectivity index (χ1v) is 9.36. The van der Waals surface area contributed by atoms with Crippen LogP contribution in [0.5, 0.6) is 0 Å². The number of rotatable bonds is 5. The predicted octanol–water partition coefficient (Wildman–Crippen LogP) is 6.26. The third-order valence-corrected chi connectivity index (χ3v) is 6.11. The minimum Gasteiger partial charge on any atom is -0.306 e. The maximum Gasteiger partial charge on any atom is 0.137 e. The standard InChI is InChI=1S/C14H13Br3FNS/c1-2-6-19-13(9-7-11(15)20-14(9)17)8-4-3-5-10(18)12(8)16/h3-5,7,13,19H,2,6H2,1H3. The summed E-state index contributed by atoms with van der Waals surface area (Å²) in [6, 6.07) is 7.17. The molecule has 6 heteroatoms. The van der Waals surface area contributed by atoms with Crippen LogP contribution in [-0.4, -0.2) is 6.54 Å². The molecule has 108 valence electrons. The third-order valence-electron chi connectivity index (χ3n) is 2.88. The van der Waals surface area contributed by atoms with Crippen LogP contribution in [0, 0.1) is 5.82 Å². The lowest BCUT2D eigenvalue weighted by Gasteiger charge is -2.20. The average molecular weight is 486 g/mol. The molecule has 0 fully saturated rings. The minimum atomic E-state index is -0.240. The first-order chi connectivity index (χ1) is 9.54. The highest BCUT2D eigenvalue weighted by molar-refractivity contribution is 9.12. The van der Waals surface area contributed by atoms with Crippen LogP contribution in [0.1, 0.15) is 30.5 Å². The summed E-state index contributed by atoms with van der Waals surface area (Å²) in [5.74, 6) is -0.240. The van der Waals surface area contributed by atoms with Crippen molar-refractivity contribution in [2.75, 3.05) is 6.54 Å². The highest BCUT2D eigenvalue weighted by atomic mass is 79.9. The van der Waals surface area contributed by atoms with Gasteiger partial charge in [-0.15, -0.1) is 11.3 Å². The monoisotopic (exact) mass is 483 g/mol. The van der Waals surface area contributed by atoms with Crippen molar-refractivity contribution in [1.29, 1.82) is 0 Å². The summed E-state index contributed by atoms with van der Waals surface area (Å²) in [5, 5.41) is 3.48. The third kappa shape index (κ3) is 3.71. The molecule has 0 saturated heterocycles. The van der Waals surface area contributed by atoms with Crippen LogP contribution in [0.4, 0.5) is 4.39 Å². The van der Waals surface area contributed by atoms with Gasteiger partial charge in [-0.2, -0.15) is 0 Å². The van der Waals surface area contributed by atoms with E-state index in [9.17, 15) is 4.39 Å². The van der Waals surface area contributed by atoms with E-state index in [1.165, 1.54) is 6.07 Å². The average Bonchev–Trinajstić information content (AvgIpc) is 2.74. The number of hydrogen-bond acceptors (Lipinski definition) is 2. The molecule has 1 aromatic heterocycles. The zero-order valence-electron chi connectivity index (χ0n) is 10.7. The fourth-order valence-electron chi connectivity index (χ4n) is 1.97. The summed E-state index contributed by atoms with van der Waals surface area (Å²) in [7, 11) is 0. The van der Waals surface area contributed by atoms with Crippen LogP contribution in [-0.2, 0) is 0 Å². The Balaban J connectivity index is 2.47. The lowest BCUT2D eigenvalue weighted by atomic mass is 10.0. The van der Waals surface area contributed by atoms with Crippen LogP contribution in [0.2, 0.25) is 0 Å².